The fourth-order valence-electron chi connectivity index (χ4n) is 1.88. The first-order valence-electron chi connectivity index (χ1n) is 5.63. The van der Waals surface area contributed by atoms with Gasteiger partial charge in [-0.15, -0.1) is 0 Å². The molecule has 2 rings (SSSR count). The van der Waals surface area contributed by atoms with Crippen LogP contribution in [0.15, 0.2) is 16.6 Å². The maximum atomic E-state index is 13.2. The summed E-state index contributed by atoms with van der Waals surface area (Å²) >= 11 is 3.18. The third-order valence-corrected chi connectivity index (χ3v) is 3.94. The lowest BCUT2D eigenvalue weighted by Crippen LogP contribution is -2.15. The van der Waals surface area contributed by atoms with E-state index in [2.05, 4.69) is 27.3 Å². The van der Waals surface area contributed by atoms with Crippen molar-refractivity contribution in [2.75, 3.05) is 11.9 Å². The highest BCUT2D eigenvalue weighted by atomic mass is 79.9. The Kier molecular flexibility index (Phi) is 3.39. The summed E-state index contributed by atoms with van der Waals surface area (Å²) in [6.07, 6.45) is 2.81. The number of benzene rings is 1. The quantitative estimate of drug-likeness (QED) is 0.911. The SMILES string of the molecule is Cc1cc(F)c(Br)cc1NCC1(CC#N)CC1. The van der Waals surface area contributed by atoms with Crippen LogP contribution in [0.25, 0.3) is 0 Å². The highest BCUT2D eigenvalue weighted by Gasteiger charge is 2.42. The number of nitrogens with zero attached hydrogens (tertiary/aromatic N) is 1. The third-order valence-electron chi connectivity index (χ3n) is 3.33. The number of hydrogen-bond acceptors (Lipinski definition) is 2. The first-order valence-corrected chi connectivity index (χ1v) is 6.42. The predicted molar refractivity (Wildman–Crippen MR) is 69.2 cm³/mol. The standard InChI is InChI=1S/C13H14BrFN2/c1-9-6-11(15)10(14)7-12(9)17-8-13(2-3-13)4-5-16/h6-7,17H,2-4,8H2,1H3. The van der Waals surface area contributed by atoms with Gasteiger partial charge in [0.15, 0.2) is 0 Å². The Morgan fingerprint density at radius 1 is 1.53 bits per heavy atom. The van der Waals surface area contributed by atoms with Crippen molar-refractivity contribution in [2.45, 2.75) is 26.2 Å². The minimum atomic E-state index is -0.244. The Morgan fingerprint density at radius 2 is 2.24 bits per heavy atom. The molecule has 0 aliphatic heterocycles. The minimum Gasteiger partial charge on any atom is -0.384 e. The van der Waals surface area contributed by atoms with Crippen molar-refractivity contribution in [3.05, 3.63) is 28.0 Å². The Hall–Kier alpha value is -1.08. The van der Waals surface area contributed by atoms with Crippen LogP contribution in [0.5, 0.6) is 0 Å². The molecule has 17 heavy (non-hydrogen) atoms. The molecule has 0 amide bonds. The van der Waals surface area contributed by atoms with Crippen molar-refractivity contribution >= 4 is 21.6 Å². The van der Waals surface area contributed by atoms with Gasteiger partial charge in [0.2, 0.25) is 0 Å². The Labute approximate surface area is 109 Å². The second-order valence-electron chi connectivity index (χ2n) is 4.77. The van der Waals surface area contributed by atoms with Gasteiger partial charge >= 0.3 is 0 Å². The van der Waals surface area contributed by atoms with Crippen molar-refractivity contribution in [2.24, 2.45) is 5.41 Å². The fraction of sp³-hybridized carbons (Fsp3) is 0.462. The number of nitrogens with one attached hydrogen (secondary N) is 1. The molecule has 0 radical (unpaired) electrons. The molecule has 0 bridgehead atoms. The molecule has 2 nitrogen and oxygen atoms in total. The van der Waals surface area contributed by atoms with Gasteiger partial charge in [0.05, 0.1) is 10.5 Å². The number of nitriles is 1. The van der Waals surface area contributed by atoms with E-state index in [0.717, 1.165) is 30.6 Å². The molecule has 1 saturated carbocycles. The van der Waals surface area contributed by atoms with E-state index in [1.807, 2.05) is 6.92 Å². The molecular weight excluding hydrogens is 283 g/mol. The van der Waals surface area contributed by atoms with E-state index in [4.69, 9.17) is 5.26 Å². The predicted octanol–water partition coefficient (Wildman–Crippen LogP) is 4.00. The minimum absolute atomic E-state index is 0.155. The molecule has 1 fully saturated rings. The molecule has 90 valence electrons. The summed E-state index contributed by atoms with van der Waals surface area (Å²) in [6.45, 7) is 2.67. The number of aryl methyl sites for hydroxylation is 1. The average Bonchev–Trinajstić information content (AvgIpc) is 3.03. The summed E-state index contributed by atoms with van der Waals surface area (Å²) in [6, 6.07) is 5.50. The molecule has 1 aromatic rings. The van der Waals surface area contributed by atoms with Crippen LogP contribution in [-0.4, -0.2) is 6.54 Å². The monoisotopic (exact) mass is 296 g/mol. The van der Waals surface area contributed by atoms with Crippen LogP contribution in [0.1, 0.15) is 24.8 Å². The lowest BCUT2D eigenvalue weighted by molar-refractivity contribution is 0.557. The molecule has 1 aliphatic rings. The number of hydrogen-bond donors (Lipinski definition) is 1. The summed E-state index contributed by atoms with van der Waals surface area (Å²) in [5, 5.41) is 12.1. The van der Waals surface area contributed by atoms with Gasteiger partial charge in [-0.25, -0.2) is 4.39 Å². The van der Waals surface area contributed by atoms with Gasteiger partial charge in [0.25, 0.3) is 0 Å². The Bertz CT molecular complexity index is 475. The second kappa shape index (κ2) is 4.66. The summed E-state index contributed by atoms with van der Waals surface area (Å²) in [5.41, 5.74) is 1.98. The van der Waals surface area contributed by atoms with Crippen molar-refractivity contribution in [1.82, 2.24) is 0 Å². The zero-order chi connectivity index (χ0) is 12.5. The van der Waals surface area contributed by atoms with E-state index in [1.165, 1.54) is 6.07 Å². The second-order valence-corrected chi connectivity index (χ2v) is 5.62. The van der Waals surface area contributed by atoms with E-state index in [1.54, 1.807) is 6.07 Å². The molecule has 0 heterocycles. The molecule has 1 N–H and O–H groups in total. The lowest BCUT2D eigenvalue weighted by Gasteiger charge is -2.15. The zero-order valence-electron chi connectivity index (χ0n) is 9.69. The van der Waals surface area contributed by atoms with Gasteiger partial charge in [-0.3, -0.25) is 0 Å². The highest BCUT2D eigenvalue weighted by molar-refractivity contribution is 9.10. The molecule has 0 spiro atoms. The van der Waals surface area contributed by atoms with E-state index in [0.29, 0.717) is 10.9 Å². The van der Waals surface area contributed by atoms with Crippen LogP contribution in [0.4, 0.5) is 10.1 Å². The zero-order valence-corrected chi connectivity index (χ0v) is 11.3. The van der Waals surface area contributed by atoms with Gasteiger partial charge in [-0.2, -0.15) is 5.26 Å². The number of rotatable bonds is 4. The normalized spacial score (nSPS) is 16.4. The maximum absolute atomic E-state index is 13.2. The first kappa shape index (κ1) is 12.4. The van der Waals surface area contributed by atoms with Gasteiger partial charge < -0.3 is 5.32 Å². The van der Waals surface area contributed by atoms with Gasteiger partial charge in [0.1, 0.15) is 5.82 Å². The lowest BCUT2D eigenvalue weighted by atomic mass is 10.0. The van der Waals surface area contributed by atoms with Gasteiger partial charge in [0, 0.05) is 24.1 Å². The van der Waals surface area contributed by atoms with Crippen LogP contribution in [0.2, 0.25) is 0 Å². The van der Waals surface area contributed by atoms with Crippen molar-refractivity contribution in [3.8, 4) is 6.07 Å². The van der Waals surface area contributed by atoms with Crippen LogP contribution < -0.4 is 5.32 Å². The van der Waals surface area contributed by atoms with E-state index in [9.17, 15) is 4.39 Å². The van der Waals surface area contributed by atoms with Gasteiger partial charge in [-0.1, -0.05) is 0 Å². The first-order chi connectivity index (χ1) is 8.06. The van der Waals surface area contributed by atoms with Crippen LogP contribution in [0, 0.1) is 29.5 Å². The Balaban J connectivity index is 2.05. The molecule has 4 heteroatoms. The number of anilines is 1. The topological polar surface area (TPSA) is 35.8 Å². The van der Waals surface area contributed by atoms with Crippen LogP contribution in [-0.2, 0) is 0 Å². The molecule has 0 atom stereocenters. The fourth-order valence-corrected chi connectivity index (χ4v) is 2.22. The van der Waals surface area contributed by atoms with Crippen molar-refractivity contribution in [1.29, 1.82) is 5.26 Å². The largest absolute Gasteiger partial charge is 0.384 e. The Morgan fingerprint density at radius 3 is 2.82 bits per heavy atom. The summed E-state index contributed by atoms with van der Waals surface area (Å²) < 4.78 is 13.7. The number of halogens is 2. The van der Waals surface area contributed by atoms with E-state index >= 15 is 0 Å². The van der Waals surface area contributed by atoms with E-state index < -0.39 is 0 Å². The maximum Gasteiger partial charge on any atom is 0.137 e. The molecule has 0 saturated heterocycles. The molecule has 1 aromatic carbocycles. The average molecular weight is 297 g/mol. The summed E-state index contributed by atoms with van der Waals surface area (Å²) in [7, 11) is 0. The highest BCUT2D eigenvalue weighted by Crippen LogP contribution is 2.48. The molecular formula is C13H14BrFN2. The summed E-state index contributed by atoms with van der Waals surface area (Å²) in [5.74, 6) is -0.244. The van der Waals surface area contributed by atoms with Crippen molar-refractivity contribution in [3.63, 3.8) is 0 Å². The molecule has 1 aliphatic carbocycles. The summed E-state index contributed by atoms with van der Waals surface area (Å²) in [4.78, 5) is 0. The smallest absolute Gasteiger partial charge is 0.137 e. The van der Waals surface area contributed by atoms with Crippen LogP contribution in [0.3, 0.4) is 0 Å². The third kappa shape index (κ3) is 2.78. The molecule has 0 aromatic heterocycles. The van der Waals surface area contributed by atoms with Crippen molar-refractivity contribution < 1.29 is 4.39 Å². The van der Waals surface area contributed by atoms with Gasteiger partial charge in [-0.05, 0) is 53.4 Å². The molecule has 0 unspecified atom stereocenters. The van der Waals surface area contributed by atoms with E-state index in [-0.39, 0.29) is 11.2 Å². The van der Waals surface area contributed by atoms with Crippen LogP contribution >= 0.6 is 15.9 Å².